The lowest BCUT2D eigenvalue weighted by molar-refractivity contribution is -0.149. The lowest BCUT2D eigenvalue weighted by Crippen LogP contribution is -2.58. The molecule has 1 fully saturated rings. The van der Waals surface area contributed by atoms with E-state index in [2.05, 4.69) is 25.2 Å². The van der Waals surface area contributed by atoms with E-state index in [1.807, 2.05) is 19.1 Å². The Labute approximate surface area is 153 Å². The van der Waals surface area contributed by atoms with Gasteiger partial charge in [-0.05, 0) is 61.3 Å². The van der Waals surface area contributed by atoms with Gasteiger partial charge in [0.2, 0.25) is 0 Å². The molecule has 1 aliphatic rings. The van der Waals surface area contributed by atoms with Gasteiger partial charge < -0.3 is 15.2 Å². The first-order valence-electron chi connectivity index (χ1n) is 8.65. The summed E-state index contributed by atoms with van der Waals surface area (Å²) in [6, 6.07) is 5.98. The van der Waals surface area contributed by atoms with Crippen LogP contribution in [0.3, 0.4) is 0 Å². The highest BCUT2D eigenvalue weighted by Crippen LogP contribution is 2.28. The van der Waals surface area contributed by atoms with Crippen LogP contribution in [0.15, 0.2) is 18.2 Å². The number of carbonyl (C=O) groups excluding carboxylic acids is 1. The van der Waals surface area contributed by atoms with Crippen LogP contribution >= 0.6 is 11.8 Å². The Morgan fingerprint density at radius 3 is 2.44 bits per heavy atom. The molecule has 0 aromatic heterocycles. The van der Waals surface area contributed by atoms with Gasteiger partial charge in [-0.2, -0.15) is 11.8 Å². The maximum atomic E-state index is 12.5. The molecule has 1 aliphatic heterocycles. The average Bonchev–Trinajstić information content (AvgIpc) is 2.57. The number of amides is 1. The molecule has 1 atom stereocenters. The van der Waals surface area contributed by atoms with Crippen LogP contribution in [-0.2, 0) is 9.59 Å². The van der Waals surface area contributed by atoms with Gasteiger partial charge in [0.1, 0.15) is 11.3 Å². The second-order valence-corrected chi connectivity index (χ2v) is 8.15. The van der Waals surface area contributed by atoms with E-state index in [0.29, 0.717) is 24.5 Å². The highest BCUT2D eigenvalue weighted by molar-refractivity contribution is 7.99. The molecule has 1 amide bonds. The highest BCUT2D eigenvalue weighted by atomic mass is 32.2. The molecule has 1 aromatic rings. The number of aryl methyl sites for hydroxylation is 1. The second kappa shape index (κ2) is 8.13. The van der Waals surface area contributed by atoms with E-state index >= 15 is 0 Å². The summed E-state index contributed by atoms with van der Waals surface area (Å²) < 4.78 is 5.85. The maximum Gasteiger partial charge on any atom is 0.329 e. The summed E-state index contributed by atoms with van der Waals surface area (Å²) >= 11 is 1.71. The quantitative estimate of drug-likeness (QED) is 0.808. The fraction of sp³-hybridized carbons (Fsp3) is 0.579. The number of aliphatic carboxylic acids is 1. The van der Waals surface area contributed by atoms with E-state index in [1.165, 1.54) is 0 Å². The van der Waals surface area contributed by atoms with E-state index in [9.17, 15) is 14.7 Å². The number of thioether (sulfide) groups is 1. The molecule has 0 aliphatic carbocycles. The lowest BCUT2D eigenvalue weighted by atomic mass is 9.92. The predicted molar refractivity (Wildman–Crippen MR) is 100 cm³/mol. The third-order valence-electron chi connectivity index (χ3n) is 4.67. The third kappa shape index (κ3) is 4.69. The van der Waals surface area contributed by atoms with Crippen molar-refractivity contribution in [1.29, 1.82) is 0 Å². The van der Waals surface area contributed by atoms with Gasteiger partial charge in [0.05, 0.1) is 0 Å². The molecule has 6 heteroatoms. The molecule has 0 bridgehead atoms. The summed E-state index contributed by atoms with van der Waals surface area (Å²) in [5, 5.41) is 12.3. The molecule has 138 valence electrons. The lowest BCUT2D eigenvalue weighted by Gasteiger charge is -2.34. The Morgan fingerprint density at radius 1 is 1.24 bits per heavy atom. The van der Waals surface area contributed by atoms with E-state index in [4.69, 9.17) is 4.74 Å². The minimum Gasteiger partial charge on any atom is -0.481 e. The zero-order valence-electron chi connectivity index (χ0n) is 15.3. The zero-order chi connectivity index (χ0) is 18.6. The monoisotopic (exact) mass is 365 g/mol. The van der Waals surface area contributed by atoms with Crippen molar-refractivity contribution in [3.63, 3.8) is 0 Å². The Hall–Kier alpha value is -1.69. The fourth-order valence-corrected chi connectivity index (χ4v) is 3.99. The topological polar surface area (TPSA) is 75.6 Å². The zero-order valence-corrected chi connectivity index (χ0v) is 16.1. The van der Waals surface area contributed by atoms with Crippen LogP contribution in [0.1, 0.15) is 50.7 Å². The number of benzene rings is 1. The Balaban J connectivity index is 2.10. The van der Waals surface area contributed by atoms with Gasteiger partial charge in [-0.3, -0.25) is 4.79 Å². The number of carboxylic acid groups (broad SMARTS) is 1. The van der Waals surface area contributed by atoms with Crippen molar-refractivity contribution in [3.05, 3.63) is 29.3 Å². The Morgan fingerprint density at radius 2 is 1.88 bits per heavy atom. The van der Waals surface area contributed by atoms with E-state index in [1.54, 1.807) is 18.7 Å². The van der Waals surface area contributed by atoms with Gasteiger partial charge in [-0.15, -0.1) is 0 Å². The number of hydrogen-bond acceptors (Lipinski definition) is 4. The van der Waals surface area contributed by atoms with Crippen LogP contribution in [0.25, 0.3) is 0 Å². The predicted octanol–water partition coefficient (Wildman–Crippen LogP) is 3.35. The normalized spacial score (nSPS) is 17.8. The van der Waals surface area contributed by atoms with Gasteiger partial charge in [0, 0.05) is 0 Å². The summed E-state index contributed by atoms with van der Waals surface area (Å²) in [6.07, 6.45) is 0.118. The minimum atomic E-state index is -1.17. The molecule has 1 saturated heterocycles. The summed E-state index contributed by atoms with van der Waals surface area (Å²) in [4.78, 5) is 24.3. The molecule has 5 nitrogen and oxygen atoms in total. The van der Waals surface area contributed by atoms with Crippen LogP contribution in [0, 0.1) is 6.92 Å². The molecule has 1 aromatic carbocycles. The molecule has 0 spiro atoms. The van der Waals surface area contributed by atoms with Gasteiger partial charge in [-0.25, -0.2) is 4.79 Å². The van der Waals surface area contributed by atoms with Crippen LogP contribution < -0.4 is 10.1 Å². The molecule has 2 rings (SSSR count). The van der Waals surface area contributed by atoms with Gasteiger partial charge in [-0.1, -0.05) is 26.0 Å². The summed E-state index contributed by atoms with van der Waals surface area (Å²) in [7, 11) is 0. The first-order chi connectivity index (χ1) is 11.7. The Bertz CT molecular complexity index is 638. The van der Waals surface area contributed by atoms with Crippen molar-refractivity contribution in [2.24, 2.45) is 0 Å². The van der Waals surface area contributed by atoms with Crippen molar-refractivity contribution in [1.82, 2.24) is 5.32 Å². The largest absolute Gasteiger partial charge is 0.481 e. The molecule has 1 unspecified atom stereocenters. The summed E-state index contributed by atoms with van der Waals surface area (Å²) in [5.74, 6) is 1.14. The number of carboxylic acids is 1. The summed E-state index contributed by atoms with van der Waals surface area (Å²) in [6.45, 7) is 7.79. The molecule has 2 N–H and O–H groups in total. The van der Waals surface area contributed by atoms with E-state index in [0.717, 1.165) is 22.6 Å². The van der Waals surface area contributed by atoms with Crippen molar-refractivity contribution in [2.45, 2.75) is 58.1 Å². The highest BCUT2D eigenvalue weighted by Gasteiger charge is 2.42. The second-order valence-electron chi connectivity index (χ2n) is 6.93. The number of nitrogens with one attached hydrogen (secondary N) is 1. The standard InChI is InChI=1S/C19H27NO4S/c1-12(2)15-6-5-13(3)16(11-15)24-14(4)17(21)20-19(18(22)23)7-9-25-10-8-19/h5-6,11-12,14H,7-10H2,1-4H3,(H,20,21)(H,22,23). The maximum absolute atomic E-state index is 12.5. The van der Waals surface area contributed by atoms with Gasteiger partial charge in [0.25, 0.3) is 5.91 Å². The van der Waals surface area contributed by atoms with Crippen LogP contribution in [0.5, 0.6) is 5.75 Å². The van der Waals surface area contributed by atoms with Gasteiger partial charge >= 0.3 is 5.97 Å². The van der Waals surface area contributed by atoms with Crippen molar-refractivity contribution < 1.29 is 19.4 Å². The van der Waals surface area contributed by atoms with Crippen LogP contribution in [0.2, 0.25) is 0 Å². The SMILES string of the molecule is Cc1ccc(C(C)C)cc1OC(C)C(=O)NC1(C(=O)O)CCSCC1. The molecule has 0 saturated carbocycles. The summed E-state index contributed by atoms with van der Waals surface area (Å²) in [5.41, 5.74) is 0.917. The van der Waals surface area contributed by atoms with E-state index < -0.39 is 17.6 Å². The van der Waals surface area contributed by atoms with Crippen LogP contribution in [0.4, 0.5) is 0 Å². The van der Waals surface area contributed by atoms with Crippen molar-refractivity contribution in [3.8, 4) is 5.75 Å². The molecular weight excluding hydrogens is 338 g/mol. The van der Waals surface area contributed by atoms with E-state index in [-0.39, 0.29) is 5.91 Å². The number of rotatable bonds is 6. The first kappa shape index (κ1) is 19.6. The van der Waals surface area contributed by atoms with Gasteiger partial charge in [0.15, 0.2) is 6.10 Å². The Kier molecular flexibility index (Phi) is 6.38. The fourth-order valence-electron chi connectivity index (χ4n) is 2.80. The number of carbonyl (C=O) groups is 2. The minimum absolute atomic E-state index is 0.363. The molecule has 0 radical (unpaired) electrons. The van der Waals surface area contributed by atoms with Crippen LogP contribution in [-0.4, -0.2) is 40.1 Å². The molecule has 1 heterocycles. The third-order valence-corrected chi connectivity index (χ3v) is 5.66. The smallest absolute Gasteiger partial charge is 0.329 e. The van der Waals surface area contributed by atoms with Crippen molar-refractivity contribution in [2.75, 3.05) is 11.5 Å². The molecule has 25 heavy (non-hydrogen) atoms. The number of hydrogen-bond donors (Lipinski definition) is 2. The first-order valence-corrected chi connectivity index (χ1v) is 9.81. The average molecular weight is 365 g/mol. The van der Waals surface area contributed by atoms with Crippen molar-refractivity contribution >= 4 is 23.6 Å². The number of ether oxygens (including phenoxy) is 1. The molecular formula is C19H27NO4S.